The van der Waals surface area contributed by atoms with E-state index < -0.39 is 0 Å². The van der Waals surface area contributed by atoms with Crippen molar-refractivity contribution in [1.29, 1.82) is 0 Å². The molecule has 1 atom stereocenters. The third-order valence-corrected chi connectivity index (χ3v) is 5.63. The molecule has 0 amide bonds. The largest absolute Gasteiger partial charge is 0.344 e. The minimum absolute atomic E-state index is 0.167. The van der Waals surface area contributed by atoms with Crippen molar-refractivity contribution >= 4 is 10.9 Å². The van der Waals surface area contributed by atoms with Crippen molar-refractivity contribution < 1.29 is 4.39 Å². The van der Waals surface area contributed by atoms with Crippen LogP contribution in [0.1, 0.15) is 29.3 Å². The fourth-order valence-corrected chi connectivity index (χ4v) is 3.99. The second kappa shape index (κ2) is 6.30. The number of hydrogen-bond donors (Lipinski definition) is 0. The molecule has 2 aromatic carbocycles. The first-order chi connectivity index (χ1) is 12.0. The Morgan fingerprint density at radius 1 is 1.12 bits per heavy atom. The lowest BCUT2D eigenvalue weighted by molar-refractivity contribution is 0.228. The maximum atomic E-state index is 13.1. The average Bonchev–Trinajstić information content (AvgIpc) is 2.87. The van der Waals surface area contributed by atoms with Gasteiger partial charge in [0.25, 0.3) is 0 Å². The van der Waals surface area contributed by atoms with Crippen LogP contribution in [0.2, 0.25) is 0 Å². The van der Waals surface area contributed by atoms with Crippen LogP contribution in [0.4, 0.5) is 4.39 Å². The Morgan fingerprint density at radius 2 is 1.88 bits per heavy atom. The first-order valence-electron chi connectivity index (χ1n) is 9.08. The predicted molar refractivity (Wildman–Crippen MR) is 101 cm³/mol. The highest BCUT2D eigenvalue weighted by atomic mass is 19.1. The first kappa shape index (κ1) is 16.3. The van der Waals surface area contributed by atoms with Gasteiger partial charge in [-0.15, -0.1) is 0 Å². The van der Waals surface area contributed by atoms with Crippen molar-refractivity contribution in [3.63, 3.8) is 0 Å². The second-order valence-corrected chi connectivity index (χ2v) is 7.44. The lowest BCUT2D eigenvalue weighted by atomic mass is 9.99. The topological polar surface area (TPSA) is 8.17 Å². The van der Waals surface area contributed by atoms with Gasteiger partial charge in [-0.25, -0.2) is 4.39 Å². The highest BCUT2D eigenvalue weighted by Crippen LogP contribution is 2.33. The van der Waals surface area contributed by atoms with Crippen LogP contribution in [0.3, 0.4) is 0 Å². The molecule has 4 rings (SSSR count). The molecule has 0 saturated carbocycles. The zero-order valence-corrected chi connectivity index (χ0v) is 15.2. The molecule has 0 fully saturated rings. The summed E-state index contributed by atoms with van der Waals surface area (Å²) in [5.41, 5.74) is 6.80. The van der Waals surface area contributed by atoms with Gasteiger partial charge in [-0.3, -0.25) is 4.90 Å². The van der Waals surface area contributed by atoms with Crippen LogP contribution < -0.4 is 0 Å². The Labute approximate surface area is 148 Å². The fraction of sp³-hybridized carbons (Fsp3) is 0.364. The number of aryl methyl sites for hydroxylation is 3. The molecule has 130 valence electrons. The van der Waals surface area contributed by atoms with Gasteiger partial charge in [-0.1, -0.05) is 23.8 Å². The van der Waals surface area contributed by atoms with E-state index in [2.05, 4.69) is 48.6 Å². The minimum atomic E-state index is -0.167. The quantitative estimate of drug-likeness (QED) is 0.672. The molecule has 0 saturated heterocycles. The Morgan fingerprint density at radius 3 is 2.64 bits per heavy atom. The molecule has 1 aromatic heterocycles. The maximum absolute atomic E-state index is 13.1. The molecule has 3 aromatic rings. The van der Waals surface area contributed by atoms with Crippen LogP contribution in [0.15, 0.2) is 42.5 Å². The molecule has 0 bridgehead atoms. The molecule has 0 unspecified atom stereocenters. The van der Waals surface area contributed by atoms with Crippen LogP contribution in [-0.2, 0) is 25.9 Å². The van der Waals surface area contributed by atoms with Crippen LogP contribution in [0.5, 0.6) is 0 Å². The Balaban J connectivity index is 1.74. The van der Waals surface area contributed by atoms with E-state index in [0.29, 0.717) is 6.04 Å². The molecule has 2 heterocycles. The number of hydrogen-bond acceptors (Lipinski definition) is 1. The Kier molecular flexibility index (Phi) is 4.12. The minimum Gasteiger partial charge on any atom is -0.344 e. The summed E-state index contributed by atoms with van der Waals surface area (Å²) in [6.45, 7) is 6.42. The molecule has 0 spiro atoms. The molecule has 25 heavy (non-hydrogen) atoms. The van der Waals surface area contributed by atoms with E-state index in [-0.39, 0.29) is 5.82 Å². The molecule has 0 N–H and O–H groups in total. The van der Waals surface area contributed by atoms with Gasteiger partial charge in [0, 0.05) is 42.1 Å². The van der Waals surface area contributed by atoms with E-state index in [9.17, 15) is 4.39 Å². The van der Waals surface area contributed by atoms with E-state index in [1.165, 1.54) is 33.3 Å². The zero-order valence-electron chi connectivity index (χ0n) is 15.2. The van der Waals surface area contributed by atoms with E-state index in [1.807, 2.05) is 12.1 Å². The summed E-state index contributed by atoms with van der Waals surface area (Å²) < 4.78 is 15.6. The molecule has 3 heteroatoms. The standard InChI is InChI=1S/C22H25FN2/c1-15-4-9-21-19(12-15)20-14-24(3)16(2)13-22(20)25(21)11-10-17-5-7-18(23)8-6-17/h4-9,12,16H,10-11,13-14H2,1-3H3/t16-/m0/s1. The van der Waals surface area contributed by atoms with Crippen molar-refractivity contribution in [2.24, 2.45) is 0 Å². The number of likely N-dealkylation sites (N-methyl/N-ethyl adjacent to an activating group) is 1. The third kappa shape index (κ3) is 2.98. The highest BCUT2D eigenvalue weighted by Gasteiger charge is 2.26. The van der Waals surface area contributed by atoms with Crippen molar-refractivity contribution in [2.75, 3.05) is 7.05 Å². The van der Waals surface area contributed by atoms with E-state index in [4.69, 9.17) is 0 Å². The summed E-state index contributed by atoms with van der Waals surface area (Å²) in [5.74, 6) is -0.167. The molecule has 2 nitrogen and oxygen atoms in total. The number of nitrogens with zero attached hydrogens (tertiary/aromatic N) is 2. The van der Waals surface area contributed by atoms with Crippen LogP contribution in [-0.4, -0.2) is 22.6 Å². The number of fused-ring (bicyclic) bond motifs is 3. The molecular formula is C22H25FN2. The van der Waals surface area contributed by atoms with Gasteiger partial charge in [0.2, 0.25) is 0 Å². The number of aromatic nitrogens is 1. The predicted octanol–water partition coefficient (Wildman–Crippen LogP) is 4.71. The van der Waals surface area contributed by atoms with Gasteiger partial charge in [-0.2, -0.15) is 0 Å². The highest BCUT2D eigenvalue weighted by molar-refractivity contribution is 5.86. The summed E-state index contributed by atoms with van der Waals surface area (Å²) >= 11 is 0. The molecule has 1 aliphatic rings. The summed E-state index contributed by atoms with van der Waals surface area (Å²) in [6.07, 6.45) is 2.01. The van der Waals surface area contributed by atoms with Gasteiger partial charge in [0.15, 0.2) is 0 Å². The number of halogens is 1. The monoisotopic (exact) mass is 336 g/mol. The summed E-state index contributed by atoms with van der Waals surface area (Å²) in [4.78, 5) is 2.44. The summed E-state index contributed by atoms with van der Waals surface area (Å²) in [7, 11) is 2.21. The average molecular weight is 336 g/mol. The lowest BCUT2D eigenvalue weighted by Crippen LogP contribution is -2.35. The van der Waals surface area contributed by atoms with Gasteiger partial charge in [0.1, 0.15) is 5.82 Å². The smallest absolute Gasteiger partial charge is 0.123 e. The lowest BCUT2D eigenvalue weighted by Gasteiger charge is -2.31. The van der Waals surface area contributed by atoms with Crippen LogP contribution in [0, 0.1) is 12.7 Å². The van der Waals surface area contributed by atoms with E-state index >= 15 is 0 Å². The van der Waals surface area contributed by atoms with Gasteiger partial charge >= 0.3 is 0 Å². The van der Waals surface area contributed by atoms with Crippen LogP contribution >= 0.6 is 0 Å². The first-order valence-corrected chi connectivity index (χ1v) is 9.08. The van der Waals surface area contributed by atoms with Crippen molar-refractivity contribution in [2.45, 2.75) is 45.8 Å². The Bertz CT molecular complexity index is 908. The van der Waals surface area contributed by atoms with E-state index in [0.717, 1.165) is 25.9 Å². The molecule has 1 aliphatic heterocycles. The molecule has 0 radical (unpaired) electrons. The number of rotatable bonds is 3. The SMILES string of the molecule is Cc1ccc2c(c1)c1c(n2CCc2ccc(F)cc2)C[C@H](C)N(C)C1. The summed E-state index contributed by atoms with van der Waals surface area (Å²) in [5, 5.41) is 1.40. The maximum Gasteiger partial charge on any atom is 0.123 e. The molecule has 0 aliphatic carbocycles. The van der Waals surface area contributed by atoms with Gasteiger partial charge in [0.05, 0.1) is 0 Å². The molecular weight excluding hydrogens is 311 g/mol. The Hall–Kier alpha value is -2.13. The van der Waals surface area contributed by atoms with Crippen molar-refractivity contribution in [1.82, 2.24) is 9.47 Å². The zero-order chi connectivity index (χ0) is 17.6. The van der Waals surface area contributed by atoms with E-state index in [1.54, 1.807) is 12.1 Å². The van der Waals surface area contributed by atoms with Crippen molar-refractivity contribution in [3.8, 4) is 0 Å². The summed E-state index contributed by atoms with van der Waals surface area (Å²) in [6, 6.07) is 14.3. The van der Waals surface area contributed by atoms with Gasteiger partial charge < -0.3 is 4.57 Å². The third-order valence-electron chi connectivity index (χ3n) is 5.63. The normalized spacial score (nSPS) is 17.8. The fourth-order valence-electron chi connectivity index (χ4n) is 3.99. The van der Waals surface area contributed by atoms with Gasteiger partial charge in [-0.05, 0) is 62.7 Å². The number of benzene rings is 2. The second-order valence-electron chi connectivity index (χ2n) is 7.44. The van der Waals surface area contributed by atoms with Crippen LogP contribution in [0.25, 0.3) is 10.9 Å². The van der Waals surface area contributed by atoms with Crippen molar-refractivity contribution in [3.05, 3.63) is 70.7 Å².